The molecule has 0 unspecified atom stereocenters. The minimum absolute atomic E-state index is 0.0559. The van der Waals surface area contributed by atoms with Crippen LogP contribution in [0.15, 0.2) is 18.2 Å². The number of carbonyl (C=O) groups is 3. The van der Waals surface area contributed by atoms with E-state index in [1.165, 1.54) is 12.0 Å². The summed E-state index contributed by atoms with van der Waals surface area (Å²) in [7, 11) is 3.39. The Kier molecular flexibility index (Phi) is 7.28. The Hall–Kier alpha value is -2.65. The summed E-state index contributed by atoms with van der Waals surface area (Å²) in [6.07, 6.45) is 3.08. The summed E-state index contributed by atoms with van der Waals surface area (Å²) < 4.78 is 5.37. The summed E-state index contributed by atoms with van der Waals surface area (Å²) in [6.45, 7) is 2.52. The van der Waals surface area contributed by atoms with Crippen molar-refractivity contribution in [2.24, 2.45) is 5.92 Å². The quantitative estimate of drug-likeness (QED) is 0.647. The first-order valence-corrected chi connectivity index (χ1v) is 10.3. The largest absolute Gasteiger partial charge is 0.495 e. The van der Waals surface area contributed by atoms with Gasteiger partial charge in [0.05, 0.1) is 19.5 Å². The zero-order valence-corrected chi connectivity index (χ0v) is 17.6. The van der Waals surface area contributed by atoms with E-state index in [1.807, 2.05) is 16.8 Å². The predicted molar refractivity (Wildman–Crippen MR) is 111 cm³/mol. The van der Waals surface area contributed by atoms with Crippen LogP contribution in [-0.2, 0) is 4.79 Å². The molecule has 0 aliphatic carbocycles. The fourth-order valence-corrected chi connectivity index (χ4v) is 3.91. The van der Waals surface area contributed by atoms with Gasteiger partial charge in [0.25, 0.3) is 5.91 Å². The highest BCUT2D eigenvalue weighted by Crippen LogP contribution is 2.31. The fourth-order valence-electron chi connectivity index (χ4n) is 3.91. The monoisotopic (exact) mass is 418 g/mol. The molecular weight excluding hydrogens is 388 g/mol. The number of aliphatic hydroxyl groups is 1. The number of nitrogens with zero attached hydrogens (tertiary/aromatic N) is 3. The van der Waals surface area contributed by atoms with Crippen molar-refractivity contribution in [1.29, 1.82) is 0 Å². The number of methoxy groups -OCH3 is 1. The molecule has 4 amide bonds. The van der Waals surface area contributed by atoms with Gasteiger partial charge in [0.2, 0.25) is 5.91 Å². The minimum atomic E-state index is -0.511. The van der Waals surface area contributed by atoms with Gasteiger partial charge in [-0.1, -0.05) is 0 Å². The smallest absolute Gasteiger partial charge is 0.328 e. The number of urea groups is 1. The maximum absolute atomic E-state index is 13.1. The third-order valence-corrected chi connectivity index (χ3v) is 5.83. The van der Waals surface area contributed by atoms with Gasteiger partial charge in [0.1, 0.15) is 5.75 Å². The molecule has 30 heavy (non-hydrogen) atoms. The molecule has 0 radical (unpaired) electrons. The average molecular weight is 418 g/mol. The summed E-state index contributed by atoms with van der Waals surface area (Å²) in [5.74, 6) is 0.639. The Bertz CT molecular complexity index is 792. The van der Waals surface area contributed by atoms with Gasteiger partial charge in [0.15, 0.2) is 0 Å². The molecule has 0 aromatic heterocycles. The molecule has 3 rings (SSSR count). The van der Waals surface area contributed by atoms with E-state index in [0.29, 0.717) is 36.0 Å². The Morgan fingerprint density at radius 1 is 1.27 bits per heavy atom. The van der Waals surface area contributed by atoms with Crippen LogP contribution in [0.25, 0.3) is 0 Å². The number of imide groups is 1. The second kappa shape index (κ2) is 9.90. The van der Waals surface area contributed by atoms with E-state index >= 15 is 0 Å². The number of rotatable bonds is 7. The number of hydrogen-bond donors (Lipinski definition) is 2. The summed E-state index contributed by atoms with van der Waals surface area (Å²) in [5, 5.41) is 11.4. The Balaban J connectivity index is 1.67. The lowest BCUT2D eigenvalue weighted by Gasteiger charge is -2.33. The standard InChI is InChI=1S/C21H30N4O5/c1-23(14-26)9-5-15-6-10-24(11-7-15)20(28)16-3-4-18(30-2)17(13-16)25-12-8-19(27)22-21(25)29/h3-4,13,15,26H,5-12,14H2,1-2H3,(H,22,27,29). The molecule has 9 nitrogen and oxygen atoms in total. The first-order chi connectivity index (χ1) is 14.4. The van der Waals surface area contributed by atoms with Gasteiger partial charge in [0, 0.05) is 38.2 Å². The third-order valence-electron chi connectivity index (χ3n) is 5.83. The lowest BCUT2D eigenvalue weighted by atomic mass is 9.93. The number of benzene rings is 1. The zero-order chi connectivity index (χ0) is 21.7. The predicted octanol–water partition coefficient (Wildman–Crippen LogP) is 1.27. The molecule has 2 aliphatic rings. The number of hydrogen-bond acceptors (Lipinski definition) is 6. The number of likely N-dealkylation sites (tertiary alicyclic amines) is 1. The number of anilines is 1. The van der Waals surface area contributed by atoms with E-state index < -0.39 is 6.03 Å². The molecule has 9 heteroatoms. The molecule has 164 valence electrons. The van der Waals surface area contributed by atoms with Crippen LogP contribution in [-0.4, -0.2) is 79.8 Å². The second-order valence-electron chi connectivity index (χ2n) is 7.89. The van der Waals surface area contributed by atoms with E-state index in [9.17, 15) is 14.4 Å². The Labute approximate surface area is 176 Å². The number of aliphatic hydroxyl groups excluding tert-OH is 1. The van der Waals surface area contributed by atoms with Crippen molar-refractivity contribution in [3.8, 4) is 5.75 Å². The number of amides is 4. The molecule has 0 atom stereocenters. The van der Waals surface area contributed by atoms with E-state index in [4.69, 9.17) is 9.84 Å². The summed E-state index contributed by atoms with van der Waals surface area (Å²) in [4.78, 5) is 41.9. The molecule has 0 bridgehead atoms. The molecule has 0 spiro atoms. The van der Waals surface area contributed by atoms with E-state index in [1.54, 1.807) is 18.2 Å². The molecule has 1 aromatic carbocycles. The van der Waals surface area contributed by atoms with Crippen LogP contribution in [0.1, 0.15) is 36.0 Å². The first kappa shape index (κ1) is 22.0. The van der Waals surface area contributed by atoms with Crippen molar-refractivity contribution in [2.75, 3.05) is 52.0 Å². The van der Waals surface area contributed by atoms with Crippen LogP contribution in [0.3, 0.4) is 0 Å². The zero-order valence-electron chi connectivity index (χ0n) is 17.6. The second-order valence-corrected chi connectivity index (χ2v) is 7.89. The summed E-state index contributed by atoms with van der Waals surface area (Å²) in [6, 6.07) is 4.55. The van der Waals surface area contributed by atoms with Crippen molar-refractivity contribution in [3.63, 3.8) is 0 Å². The SMILES string of the molecule is COc1ccc(C(=O)N2CCC(CCN(C)CO)CC2)cc1N1CCC(=O)NC1=O. The van der Waals surface area contributed by atoms with Gasteiger partial charge < -0.3 is 14.7 Å². The van der Waals surface area contributed by atoms with Crippen molar-refractivity contribution < 1.29 is 24.2 Å². The molecule has 2 N–H and O–H groups in total. The van der Waals surface area contributed by atoms with E-state index in [-0.39, 0.29) is 31.5 Å². The van der Waals surface area contributed by atoms with Crippen molar-refractivity contribution in [1.82, 2.24) is 15.1 Å². The fraction of sp³-hybridized carbons (Fsp3) is 0.571. The molecule has 2 aliphatic heterocycles. The molecular formula is C21H30N4O5. The maximum Gasteiger partial charge on any atom is 0.328 e. The van der Waals surface area contributed by atoms with Gasteiger partial charge in [-0.25, -0.2) is 4.79 Å². The normalized spacial score (nSPS) is 18.0. The third kappa shape index (κ3) is 5.09. The van der Waals surface area contributed by atoms with Crippen molar-refractivity contribution >= 4 is 23.5 Å². The van der Waals surface area contributed by atoms with Crippen LogP contribution >= 0.6 is 0 Å². The van der Waals surface area contributed by atoms with E-state index in [0.717, 1.165) is 25.8 Å². The molecule has 2 saturated heterocycles. The minimum Gasteiger partial charge on any atom is -0.495 e. The summed E-state index contributed by atoms with van der Waals surface area (Å²) in [5.41, 5.74) is 0.976. The maximum atomic E-state index is 13.1. The van der Waals surface area contributed by atoms with Crippen LogP contribution in [0, 0.1) is 5.92 Å². The van der Waals surface area contributed by atoms with Gasteiger partial charge in [-0.2, -0.15) is 0 Å². The first-order valence-electron chi connectivity index (χ1n) is 10.3. The molecule has 0 saturated carbocycles. The van der Waals surface area contributed by atoms with Crippen LogP contribution in [0.5, 0.6) is 5.75 Å². The molecule has 2 heterocycles. The topological polar surface area (TPSA) is 102 Å². The average Bonchev–Trinajstić information content (AvgIpc) is 2.77. The van der Waals surface area contributed by atoms with Crippen molar-refractivity contribution in [2.45, 2.75) is 25.7 Å². The van der Waals surface area contributed by atoms with Gasteiger partial charge >= 0.3 is 6.03 Å². The Morgan fingerprint density at radius 2 is 2.00 bits per heavy atom. The van der Waals surface area contributed by atoms with Crippen LogP contribution in [0.2, 0.25) is 0 Å². The highest BCUT2D eigenvalue weighted by atomic mass is 16.5. The van der Waals surface area contributed by atoms with Gasteiger partial charge in [-0.15, -0.1) is 0 Å². The van der Waals surface area contributed by atoms with Crippen LogP contribution in [0.4, 0.5) is 10.5 Å². The lowest BCUT2D eigenvalue weighted by molar-refractivity contribution is -0.120. The molecule has 2 fully saturated rings. The highest BCUT2D eigenvalue weighted by molar-refractivity contribution is 6.07. The van der Waals surface area contributed by atoms with Crippen molar-refractivity contribution in [3.05, 3.63) is 23.8 Å². The summed E-state index contributed by atoms with van der Waals surface area (Å²) >= 11 is 0. The highest BCUT2D eigenvalue weighted by Gasteiger charge is 2.29. The van der Waals surface area contributed by atoms with Gasteiger partial charge in [-0.3, -0.25) is 24.7 Å². The number of ether oxygens (including phenoxy) is 1. The number of piperidine rings is 1. The molecule has 1 aromatic rings. The van der Waals surface area contributed by atoms with E-state index in [2.05, 4.69) is 5.32 Å². The number of carbonyl (C=O) groups excluding carboxylic acids is 3. The lowest BCUT2D eigenvalue weighted by Crippen LogP contribution is -2.49. The Morgan fingerprint density at radius 3 is 2.63 bits per heavy atom. The number of nitrogens with one attached hydrogen (secondary N) is 1. The van der Waals surface area contributed by atoms with Gasteiger partial charge in [-0.05, 0) is 50.4 Å². The van der Waals surface area contributed by atoms with Crippen LogP contribution < -0.4 is 15.0 Å².